The molecule has 2 rings (SSSR count). The summed E-state index contributed by atoms with van der Waals surface area (Å²) in [6.45, 7) is 0. The Kier molecular flexibility index (Phi) is 4.87. The summed E-state index contributed by atoms with van der Waals surface area (Å²) in [4.78, 5) is 12.3. The summed E-state index contributed by atoms with van der Waals surface area (Å²) in [5, 5.41) is 2.84. The van der Waals surface area contributed by atoms with Crippen LogP contribution in [0.25, 0.3) is 0 Å². The smallest absolute Gasteiger partial charge is 0.228 e. The molecule has 0 saturated carbocycles. The van der Waals surface area contributed by atoms with Gasteiger partial charge in [0.1, 0.15) is 4.99 Å². The van der Waals surface area contributed by atoms with Gasteiger partial charge in [-0.2, -0.15) is 0 Å². The van der Waals surface area contributed by atoms with E-state index >= 15 is 0 Å². The van der Waals surface area contributed by atoms with E-state index in [9.17, 15) is 4.79 Å². The second-order valence-corrected chi connectivity index (χ2v) is 5.62. The average Bonchev–Trinajstić information content (AvgIpc) is 2.38. The fourth-order valence-electron chi connectivity index (χ4n) is 1.83. The Balaban J connectivity index is 2.11. The molecule has 0 aliphatic carbocycles. The van der Waals surface area contributed by atoms with Crippen LogP contribution in [0.1, 0.15) is 11.1 Å². The van der Waals surface area contributed by atoms with Crippen molar-refractivity contribution < 1.29 is 4.79 Å². The topological polar surface area (TPSA) is 55.1 Å². The van der Waals surface area contributed by atoms with E-state index in [1.54, 1.807) is 12.1 Å². The number of benzene rings is 2. The standard InChI is InChI=1S/C15H13BrN2OS/c16-11-5-3-4-10(8-11)9-14(19)18-13-7-2-1-6-12(13)15(17)20/h1-8H,9H2,(H2,17,20)(H,18,19). The molecule has 2 aromatic carbocycles. The first kappa shape index (κ1) is 14.7. The molecular weight excluding hydrogens is 336 g/mol. The lowest BCUT2D eigenvalue weighted by atomic mass is 10.1. The Bertz CT molecular complexity index is 658. The van der Waals surface area contributed by atoms with Crippen LogP contribution in [0.4, 0.5) is 5.69 Å². The zero-order valence-electron chi connectivity index (χ0n) is 10.6. The molecule has 0 radical (unpaired) electrons. The van der Waals surface area contributed by atoms with Gasteiger partial charge in [0, 0.05) is 10.0 Å². The van der Waals surface area contributed by atoms with E-state index in [0.29, 0.717) is 17.7 Å². The molecule has 2 aromatic rings. The molecule has 1 amide bonds. The van der Waals surface area contributed by atoms with Crippen LogP contribution < -0.4 is 11.1 Å². The number of nitrogens with two attached hydrogens (primary N) is 1. The number of carbonyl (C=O) groups is 1. The second-order valence-electron chi connectivity index (χ2n) is 4.26. The quantitative estimate of drug-likeness (QED) is 0.833. The van der Waals surface area contributed by atoms with Gasteiger partial charge in [0.25, 0.3) is 0 Å². The molecule has 3 N–H and O–H groups in total. The number of nitrogens with one attached hydrogen (secondary N) is 1. The van der Waals surface area contributed by atoms with E-state index in [-0.39, 0.29) is 10.9 Å². The molecule has 0 aliphatic heterocycles. The molecule has 0 saturated heterocycles. The number of halogens is 1. The highest BCUT2D eigenvalue weighted by Crippen LogP contribution is 2.16. The van der Waals surface area contributed by atoms with Crippen LogP contribution in [0.3, 0.4) is 0 Å². The van der Waals surface area contributed by atoms with Crippen LogP contribution in [-0.4, -0.2) is 10.9 Å². The fraction of sp³-hybridized carbons (Fsp3) is 0.0667. The van der Waals surface area contributed by atoms with Gasteiger partial charge in [-0.05, 0) is 29.8 Å². The van der Waals surface area contributed by atoms with Crippen molar-refractivity contribution in [2.45, 2.75) is 6.42 Å². The molecule has 3 nitrogen and oxygen atoms in total. The number of thiocarbonyl (C=S) groups is 1. The molecule has 0 atom stereocenters. The van der Waals surface area contributed by atoms with E-state index in [2.05, 4.69) is 21.2 Å². The maximum atomic E-state index is 12.1. The minimum Gasteiger partial charge on any atom is -0.389 e. The summed E-state index contributed by atoms with van der Waals surface area (Å²) in [7, 11) is 0. The predicted molar refractivity (Wildman–Crippen MR) is 88.8 cm³/mol. The lowest BCUT2D eigenvalue weighted by Gasteiger charge is -2.10. The van der Waals surface area contributed by atoms with Gasteiger partial charge < -0.3 is 11.1 Å². The summed E-state index contributed by atoms with van der Waals surface area (Å²) in [5.41, 5.74) is 7.88. The van der Waals surface area contributed by atoms with Crippen LogP contribution in [0.2, 0.25) is 0 Å². The number of amides is 1. The van der Waals surface area contributed by atoms with Gasteiger partial charge in [-0.1, -0.05) is 52.4 Å². The first-order chi connectivity index (χ1) is 9.56. The van der Waals surface area contributed by atoms with Crippen LogP contribution in [-0.2, 0) is 11.2 Å². The highest BCUT2D eigenvalue weighted by molar-refractivity contribution is 9.10. The zero-order chi connectivity index (χ0) is 14.5. The lowest BCUT2D eigenvalue weighted by Crippen LogP contribution is -2.18. The molecule has 0 unspecified atom stereocenters. The fourth-order valence-corrected chi connectivity index (χ4v) is 2.46. The number of hydrogen-bond acceptors (Lipinski definition) is 2. The zero-order valence-corrected chi connectivity index (χ0v) is 13.0. The monoisotopic (exact) mass is 348 g/mol. The number of hydrogen-bond donors (Lipinski definition) is 2. The van der Waals surface area contributed by atoms with E-state index in [1.807, 2.05) is 36.4 Å². The molecule has 20 heavy (non-hydrogen) atoms. The Morgan fingerprint density at radius 3 is 2.65 bits per heavy atom. The van der Waals surface area contributed by atoms with Crippen molar-refractivity contribution in [1.29, 1.82) is 0 Å². The van der Waals surface area contributed by atoms with Crippen molar-refractivity contribution in [3.63, 3.8) is 0 Å². The van der Waals surface area contributed by atoms with Crippen LogP contribution in [0.5, 0.6) is 0 Å². The third kappa shape index (κ3) is 3.88. The van der Waals surface area contributed by atoms with Crippen LogP contribution in [0, 0.1) is 0 Å². The first-order valence-corrected chi connectivity index (χ1v) is 7.19. The maximum Gasteiger partial charge on any atom is 0.228 e. The number of anilines is 1. The second kappa shape index (κ2) is 6.63. The first-order valence-electron chi connectivity index (χ1n) is 5.99. The Morgan fingerprint density at radius 1 is 1.20 bits per heavy atom. The summed E-state index contributed by atoms with van der Waals surface area (Å²) in [6.07, 6.45) is 0.297. The van der Waals surface area contributed by atoms with Crippen molar-refractivity contribution in [3.8, 4) is 0 Å². The number of carbonyl (C=O) groups excluding carboxylic acids is 1. The van der Waals surface area contributed by atoms with Crippen molar-refractivity contribution in [2.24, 2.45) is 5.73 Å². The van der Waals surface area contributed by atoms with Crippen molar-refractivity contribution in [1.82, 2.24) is 0 Å². The molecule has 0 spiro atoms. The minimum absolute atomic E-state index is 0.105. The van der Waals surface area contributed by atoms with Gasteiger partial charge >= 0.3 is 0 Å². The summed E-state index contributed by atoms with van der Waals surface area (Å²) in [5.74, 6) is -0.105. The van der Waals surface area contributed by atoms with Gasteiger partial charge in [0.15, 0.2) is 0 Å². The van der Waals surface area contributed by atoms with E-state index in [1.165, 1.54) is 0 Å². The molecule has 0 aromatic heterocycles. The lowest BCUT2D eigenvalue weighted by molar-refractivity contribution is -0.115. The minimum atomic E-state index is -0.105. The molecule has 0 heterocycles. The summed E-state index contributed by atoms with van der Waals surface area (Å²) in [6, 6.07) is 14.9. The molecule has 5 heteroatoms. The largest absolute Gasteiger partial charge is 0.389 e. The molecule has 0 fully saturated rings. The van der Waals surface area contributed by atoms with Crippen LogP contribution >= 0.6 is 28.1 Å². The number of para-hydroxylation sites is 1. The van der Waals surface area contributed by atoms with Crippen LogP contribution in [0.15, 0.2) is 53.0 Å². The van der Waals surface area contributed by atoms with E-state index in [0.717, 1.165) is 10.0 Å². The molecule has 0 bridgehead atoms. The molecule has 0 aliphatic rings. The number of rotatable bonds is 4. The predicted octanol–water partition coefficient (Wildman–Crippen LogP) is 3.26. The SMILES string of the molecule is NC(=S)c1ccccc1NC(=O)Cc1cccc(Br)c1. The third-order valence-corrected chi connectivity index (χ3v) is 3.43. The summed E-state index contributed by atoms with van der Waals surface area (Å²) < 4.78 is 0.950. The van der Waals surface area contributed by atoms with Gasteiger partial charge in [-0.25, -0.2) is 0 Å². The van der Waals surface area contributed by atoms with Crippen molar-refractivity contribution in [3.05, 3.63) is 64.1 Å². The Hall–Kier alpha value is -1.72. The van der Waals surface area contributed by atoms with Gasteiger partial charge in [0.2, 0.25) is 5.91 Å². The molecular formula is C15H13BrN2OS. The highest BCUT2D eigenvalue weighted by Gasteiger charge is 2.09. The Morgan fingerprint density at radius 2 is 1.95 bits per heavy atom. The Labute approximate surface area is 131 Å². The average molecular weight is 349 g/mol. The maximum absolute atomic E-state index is 12.1. The third-order valence-electron chi connectivity index (χ3n) is 2.72. The van der Waals surface area contributed by atoms with Crippen molar-refractivity contribution in [2.75, 3.05) is 5.32 Å². The van der Waals surface area contributed by atoms with E-state index < -0.39 is 0 Å². The van der Waals surface area contributed by atoms with Gasteiger partial charge in [-0.15, -0.1) is 0 Å². The van der Waals surface area contributed by atoms with Crippen molar-refractivity contribution >= 4 is 44.7 Å². The van der Waals surface area contributed by atoms with E-state index in [4.69, 9.17) is 18.0 Å². The normalized spacial score (nSPS) is 10.1. The van der Waals surface area contributed by atoms with Gasteiger partial charge in [-0.3, -0.25) is 4.79 Å². The highest BCUT2D eigenvalue weighted by atomic mass is 79.9. The molecule has 102 valence electrons. The van der Waals surface area contributed by atoms with Gasteiger partial charge in [0.05, 0.1) is 12.1 Å². The summed E-state index contributed by atoms with van der Waals surface area (Å²) >= 11 is 8.35.